The van der Waals surface area contributed by atoms with Crippen LogP contribution in [0.1, 0.15) is 44.5 Å². The van der Waals surface area contributed by atoms with Crippen LogP contribution in [-0.4, -0.2) is 11.8 Å². The third-order valence-corrected chi connectivity index (χ3v) is 5.97. The number of rotatable bonds is 3. The summed E-state index contributed by atoms with van der Waals surface area (Å²) in [5.74, 6) is -0.416. The number of halogens is 2. The van der Waals surface area contributed by atoms with Gasteiger partial charge in [-0.3, -0.25) is 9.59 Å². The first-order valence-corrected chi connectivity index (χ1v) is 9.15. The van der Waals surface area contributed by atoms with Gasteiger partial charge in [-0.1, -0.05) is 36.2 Å². The van der Waals surface area contributed by atoms with Crippen LogP contribution < -0.4 is 11.1 Å². The highest BCUT2D eigenvalue weighted by atomic mass is 35.5. The Balaban J connectivity index is 1.98. The lowest BCUT2D eigenvalue weighted by Gasteiger charge is -2.18. The van der Waals surface area contributed by atoms with Crippen molar-refractivity contribution in [2.75, 3.05) is 5.32 Å². The van der Waals surface area contributed by atoms with E-state index in [4.69, 9.17) is 28.9 Å². The Bertz CT molecular complexity index is 812. The summed E-state index contributed by atoms with van der Waals surface area (Å²) in [5.41, 5.74) is 7.13. The minimum absolute atomic E-state index is 0.191. The number of anilines is 1. The standard InChI is InChI=1S/C17H16Cl2N2O2S/c1-8-5-6-9-12(7-8)24-17(13(9)15(20)22)21-16(23)14-10(18)3-2-4-11(14)19/h2-4,8H,5-7H2,1H3,(H2,20,22)(H,21,23)/t8-/m1/s1. The molecule has 0 radical (unpaired) electrons. The first-order chi connectivity index (χ1) is 11.4. The van der Waals surface area contributed by atoms with Gasteiger partial charge in [0.1, 0.15) is 5.00 Å². The van der Waals surface area contributed by atoms with E-state index in [1.165, 1.54) is 11.3 Å². The molecule has 7 heteroatoms. The summed E-state index contributed by atoms with van der Waals surface area (Å²) in [6.07, 6.45) is 2.70. The molecule has 1 aliphatic carbocycles. The molecule has 4 nitrogen and oxygen atoms in total. The molecule has 126 valence electrons. The molecule has 1 aromatic carbocycles. The Labute approximate surface area is 153 Å². The van der Waals surface area contributed by atoms with Crippen LogP contribution in [0.4, 0.5) is 5.00 Å². The van der Waals surface area contributed by atoms with Gasteiger partial charge in [-0.05, 0) is 42.9 Å². The molecular weight excluding hydrogens is 367 g/mol. The number of nitrogens with one attached hydrogen (secondary N) is 1. The molecule has 2 aromatic rings. The lowest BCUT2D eigenvalue weighted by molar-refractivity contribution is 0.1000. The van der Waals surface area contributed by atoms with Crippen LogP contribution in [-0.2, 0) is 12.8 Å². The number of carbonyl (C=O) groups excluding carboxylic acids is 2. The van der Waals surface area contributed by atoms with Crippen molar-refractivity contribution in [1.82, 2.24) is 0 Å². The zero-order valence-electron chi connectivity index (χ0n) is 13.0. The fraction of sp³-hybridized carbons (Fsp3) is 0.294. The van der Waals surface area contributed by atoms with Crippen molar-refractivity contribution in [1.29, 1.82) is 0 Å². The second kappa shape index (κ2) is 6.75. The zero-order valence-corrected chi connectivity index (χ0v) is 15.3. The minimum atomic E-state index is -0.525. The predicted octanol–water partition coefficient (Wildman–Crippen LogP) is 4.53. The van der Waals surface area contributed by atoms with Crippen LogP contribution in [0.15, 0.2) is 18.2 Å². The summed E-state index contributed by atoms with van der Waals surface area (Å²) in [4.78, 5) is 25.6. The van der Waals surface area contributed by atoms with Gasteiger partial charge in [-0.15, -0.1) is 11.3 Å². The molecule has 0 aliphatic heterocycles. The van der Waals surface area contributed by atoms with E-state index < -0.39 is 11.8 Å². The van der Waals surface area contributed by atoms with Crippen LogP contribution in [0.5, 0.6) is 0 Å². The van der Waals surface area contributed by atoms with E-state index in [-0.39, 0.29) is 15.6 Å². The molecule has 0 bridgehead atoms. The van der Waals surface area contributed by atoms with Gasteiger partial charge in [0.15, 0.2) is 0 Å². The maximum Gasteiger partial charge on any atom is 0.259 e. The van der Waals surface area contributed by atoms with Crippen LogP contribution in [0.3, 0.4) is 0 Å². The van der Waals surface area contributed by atoms with Gasteiger partial charge < -0.3 is 11.1 Å². The first kappa shape index (κ1) is 17.3. The van der Waals surface area contributed by atoms with Crippen molar-refractivity contribution in [3.05, 3.63) is 49.8 Å². The third kappa shape index (κ3) is 3.16. The van der Waals surface area contributed by atoms with E-state index in [1.54, 1.807) is 18.2 Å². The number of primary amides is 1. The largest absolute Gasteiger partial charge is 0.365 e. The van der Waals surface area contributed by atoms with Crippen molar-refractivity contribution >= 4 is 51.4 Å². The highest BCUT2D eigenvalue weighted by Gasteiger charge is 2.28. The van der Waals surface area contributed by atoms with Crippen molar-refractivity contribution in [3.63, 3.8) is 0 Å². The molecule has 0 saturated carbocycles. The van der Waals surface area contributed by atoms with Gasteiger partial charge in [-0.25, -0.2) is 0 Å². The Morgan fingerprint density at radius 3 is 2.54 bits per heavy atom. The number of carbonyl (C=O) groups is 2. The second-order valence-corrected chi connectivity index (χ2v) is 7.89. The van der Waals surface area contributed by atoms with Crippen molar-refractivity contribution in [2.24, 2.45) is 11.7 Å². The fourth-order valence-electron chi connectivity index (χ4n) is 2.98. The van der Waals surface area contributed by atoms with E-state index in [2.05, 4.69) is 12.2 Å². The van der Waals surface area contributed by atoms with E-state index >= 15 is 0 Å². The summed E-state index contributed by atoms with van der Waals surface area (Å²) < 4.78 is 0. The Morgan fingerprint density at radius 1 is 1.25 bits per heavy atom. The molecule has 0 saturated heterocycles. The summed E-state index contributed by atoms with van der Waals surface area (Å²) >= 11 is 13.6. The summed E-state index contributed by atoms with van der Waals surface area (Å²) in [5, 5.41) is 3.77. The lowest BCUT2D eigenvalue weighted by Crippen LogP contribution is -2.19. The van der Waals surface area contributed by atoms with Crippen LogP contribution in [0.2, 0.25) is 10.0 Å². The van der Waals surface area contributed by atoms with Gasteiger partial charge in [0.2, 0.25) is 0 Å². The van der Waals surface area contributed by atoms with Gasteiger partial charge in [-0.2, -0.15) is 0 Å². The van der Waals surface area contributed by atoms with E-state index in [0.717, 1.165) is 29.7 Å². The summed E-state index contributed by atoms with van der Waals surface area (Å²) in [6.45, 7) is 2.17. The maximum atomic E-state index is 12.6. The molecule has 1 heterocycles. The van der Waals surface area contributed by atoms with E-state index in [9.17, 15) is 9.59 Å². The molecule has 3 N–H and O–H groups in total. The SMILES string of the molecule is C[C@@H]1CCc2c(sc(NC(=O)c3c(Cl)cccc3Cl)c2C(N)=O)C1. The Kier molecular flexibility index (Phi) is 4.85. The topological polar surface area (TPSA) is 72.2 Å². The Morgan fingerprint density at radius 2 is 1.92 bits per heavy atom. The number of amides is 2. The third-order valence-electron chi connectivity index (χ3n) is 4.17. The number of nitrogens with two attached hydrogens (primary N) is 1. The monoisotopic (exact) mass is 382 g/mol. The molecule has 2 amide bonds. The quantitative estimate of drug-likeness (QED) is 0.817. The molecular formula is C17H16Cl2N2O2S. The average molecular weight is 383 g/mol. The number of fused-ring (bicyclic) bond motifs is 1. The highest BCUT2D eigenvalue weighted by molar-refractivity contribution is 7.17. The number of hydrogen-bond donors (Lipinski definition) is 2. The molecule has 0 unspecified atom stereocenters. The van der Waals surface area contributed by atoms with Gasteiger partial charge in [0.25, 0.3) is 11.8 Å². The zero-order chi connectivity index (χ0) is 17.4. The molecule has 1 atom stereocenters. The van der Waals surface area contributed by atoms with Crippen molar-refractivity contribution in [3.8, 4) is 0 Å². The Hall–Kier alpha value is -1.56. The fourth-order valence-corrected chi connectivity index (χ4v) is 4.96. The van der Waals surface area contributed by atoms with Crippen molar-refractivity contribution < 1.29 is 9.59 Å². The number of thiophene rings is 1. The molecule has 1 aliphatic rings. The normalized spacial score (nSPS) is 16.5. The molecule has 0 fully saturated rings. The number of benzene rings is 1. The average Bonchev–Trinajstić information content (AvgIpc) is 2.83. The van der Waals surface area contributed by atoms with E-state index in [0.29, 0.717) is 16.5 Å². The number of hydrogen-bond acceptors (Lipinski definition) is 3. The van der Waals surface area contributed by atoms with Crippen LogP contribution >= 0.6 is 34.5 Å². The van der Waals surface area contributed by atoms with Gasteiger partial charge in [0, 0.05) is 4.88 Å². The summed E-state index contributed by atoms with van der Waals surface area (Å²) in [7, 11) is 0. The van der Waals surface area contributed by atoms with Crippen LogP contribution in [0, 0.1) is 5.92 Å². The smallest absolute Gasteiger partial charge is 0.259 e. The molecule has 3 rings (SSSR count). The summed E-state index contributed by atoms with van der Waals surface area (Å²) in [6, 6.07) is 4.86. The highest BCUT2D eigenvalue weighted by Crippen LogP contribution is 2.40. The van der Waals surface area contributed by atoms with E-state index in [1.807, 2.05) is 0 Å². The first-order valence-electron chi connectivity index (χ1n) is 7.58. The van der Waals surface area contributed by atoms with Gasteiger partial charge in [0.05, 0.1) is 21.2 Å². The predicted molar refractivity (Wildman–Crippen MR) is 98.4 cm³/mol. The second-order valence-electron chi connectivity index (χ2n) is 5.97. The maximum absolute atomic E-state index is 12.6. The molecule has 1 aromatic heterocycles. The molecule has 24 heavy (non-hydrogen) atoms. The van der Waals surface area contributed by atoms with Crippen LogP contribution in [0.25, 0.3) is 0 Å². The van der Waals surface area contributed by atoms with Gasteiger partial charge >= 0.3 is 0 Å². The lowest BCUT2D eigenvalue weighted by atomic mass is 9.88. The molecule has 0 spiro atoms. The van der Waals surface area contributed by atoms with Crippen molar-refractivity contribution in [2.45, 2.75) is 26.2 Å². The minimum Gasteiger partial charge on any atom is -0.365 e.